The van der Waals surface area contributed by atoms with Gasteiger partial charge in [-0.3, -0.25) is 9.48 Å². The second-order valence-electron chi connectivity index (χ2n) is 8.20. The Morgan fingerprint density at radius 1 is 1.44 bits per heavy atom. The molecule has 1 aliphatic heterocycles. The molecule has 3 rings (SSSR count). The number of rotatable bonds is 6. The van der Waals surface area contributed by atoms with Crippen LogP contribution in [0.1, 0.15) is 32.4 Å². The van der Waals surface area contributed by atoms with E-state index in [1.54, 1.807) is 40.2 Å². The molecule has 1 aliphatic rings. The number of carbonyl (C=O) groups excluding carboxylic acids is 1. The van der Waals surface area contributed by atoms with Crippen molar-refractivity contribution in [3.05, 3.63) is 29.4 Å². The third-order valence-electron chi connectivity index (χ3n) is 5.64. The van der Waals surface area contributed by atoms with Crippen LogP contribution < -0.4 is 0 Å². The van der Waals surface area contributed by atoms with Crippen LogP contribution in [-0.2, 0) is 32.7 Å². The number of hydrogen-bond acceptors (Lipinski definition) is 8. The molecule has 10 nitrogen and oxygen atoms in total. The molecule has 0 fully saturated rings. The summed E-state index contributed by atoms with van der Waals surface area (Å²) in [5.74, 6) is -0.249. The summed E-state index contributed by atoms with van der Waals surface area (Å²) < 4.78 is 35.2. The molecule has 1 N–H and O–H groups in total. The van der Waals surface area contributed by atoms with E-state index >= 15 is 0 Å². The van der Waals surface area contributed by atoms with Gasteiger partial charge >= 0.3 is 0 Å². The molecule has 2 aromatic heterocycles. The molecule has 32 heavy (non-hydrogen) atoms. The number of aliphatic hydroxyl groups excluding tert-OH is 1. The monoisotopic (exact) mass is 485 g/mol. The second kappa shape index (κ2) is 10.8. The van der Waals surface area contributed by atoms with Gasteiger partial charge in [0.1, 0.15) is 9.90 Å². The number of aromatic nitrogens is 3. The number of sulfonamides is 1. The molecule has 0 saturated heterocycles. The van der Waals surface area contributed by atoms with Gasteiger partial charge < -0.3 is 14.7 Å². The minimum absolute atomic E-state index is 0.0590. The van der Waals surface area contributed by atoms with Gasteiger partial charge in [0, 0.05) is 39.0 Å². The number of likely N-dealkylation sites (N-methyl/N-ethyl adjacent to an activating group) is 1. The van der Waals surface area contributed by atoms with E-state index in [1.165, 1.54) is 22.7 Å². The van der Waals surface area contributed by atoms with Gasteiger partial charge in [-0.05, 0) is 24.8 Å². The lowest BCUT2D eigenvalue weighted by Crippen LogP contribution is -2.47. The molecule has 0 radical (unpaired) electrons. The highest BCUT2D eigenvalue weighted by Crippen LogP contribution is 2.23. The molecule has 2 bridgehead atoms. The van der Waals surface area contributed by atoms with E-state index in [2.05, 4.69) is 10.3 Å². The largest absolute Gasteiger partial charge is 0.394 e. The molecule has 1 amide bonds. The van der Waals surface area contributed by atoms with E-state index in [0.29, 0.717) is 31.6 Å². The standard InChI is InChI=1S/C20H31N5O5S2/c1-15-10-25(16(2)13-26)19(27)6-4-8-24-11-17(21-22-24)14-30-18(15)12-23(3)32(28,29)20-7-5-9-31-20/h5,7,9,11,15-16,18,26H,4,6,8,10,12-14H2,1-3H3/t15-,16-,18+/m0/s1. The number of aryl methyl sites for hydroxylation is 1. The maximum atomic E-state index is 12.9. The fraction of sp³-hybridized carbons (Fsp3) is 0.650. The van der Waals surface area contributed by atoms with Gasteiger partial charge in [-0.15, -0.1) is 16.4 Å². The Balaban J connectivity index is 1.84. The average Bonchev–Trinajstić information content (AvgIpc) is 3.46. The summed E-state index contributed by atoms with van der Waals surface area (Å²) in [4.78, 5) is 14.6. The van der Waals surface area contributed by atoms with Crippen molar-refractivity contribution in [2.24, 2.45) is 5.92 Å². The van der Waals surface area contributed by atoms with Gasteiger partial charge in [-0.25, -0.2) is 8.42 Å². The Hall–Kier alpha value is -1.86. The normalized spacial score (nSPS) is 22.3. The molecule has 0 saturated carbocycles. The van der Waals surface area contributed by atoms with Gasteiger partial charge in [-0.2, -0.15) is 4.31 Å². The van der Waals surface area contributed by atoms with Crippen LogP contribution in [0.3, 0.4) is 0 Å². The SMILES string of the molecule is C[C@H]1CN([C@@H](C)CO)C(=O)CCCn2cc(nn2)CO[C@@H]1CN(C)S(=O)(=O)c1cccs1. The summed E-state index contributed by atoms with van der Waals surface area (Å²) in [6, 6.07) is 2.93. The Kier molecular flexibility index (Phi) is 8.39. The quantitative estimate of drug-likeness (QED) is 0.653. The van der Waals surface area contributed by atoms with Crippen molar-refractivity contribution in [1.82, 2.24) is 24.2 Å². The number of ether oxygens (including phenoxy) is 1. The summed E-state index contributed by atoms with van der Waals surface area (Å²) in [6.07, 6.45) is 2.22. The maximum absolute atomic E-state index is 12.9. The smallest absolute Gasteiger partial charge is 0.252 e. The van der Waals surface area contributed by atoms with E-state index < -0.39 is 16.1 Å². The summed E-state index contributed by atoms with van der Waals surface area (Å²) in [5, 5.41) is 19.6. The van der Waals surface area contributed by atoms with Gasteiger partial charge in [0.05, 0.1) is 31.6 Å². The summed E-state index contributed by atoms with van der Waals surface area (Å²) in [6.45, 7) is 4.79. The van der Waals surface area contributed by atoms with Crippen LogP contribution in [-0.4, -0.2) is 82.5 Å². The van der Waals surface area contributed by atoms with Crippen LogP contribution in [0.4, 0.5) is 0 Å². The lowest BCUT2D eigenvalue weighted by Gasteiger charge is -2.35. The van der Waals surface area contributed by atoms with Crippen molar-refractivity contribution >= 4 is 27.3 Å². The summed E-state index contributed by atoms with van der Waals surface area (Å²) in [7, 11) is -2.11. The fourth-order valence-corrected chi connectivity index (χ4v) is 5.99. The predicted octanol–water partition coefficient (Wildman–Crippen LogP) is 1.18. The highest BCUT2D eigenvalue weighted by atomic mass is 32.2. The lowest BCUT2D eigenvalue weighted by atomic mass is 10.0. The van der Waals surface area contributed by atoms with Crippen LogP contribution in [0.15, 0.2) is 27.9 Å². The van der Waals surface area contributed by atoms with Crippen molar-refractivity contribution in [2.45, 2.75) is 56.2 Å². The van der Waals surface area contributed by atoms with E-state index in [-0.39, 0.29) is 41.8 Å². The molecule has 2 aromatic rings. The first-order chi connectivity index (χ1) is 15.2. The fourth-order valence-electron chi connectivity index (χ4n) is 3.61. The zero-order valence-electron chi connectivity index (χ0n) is 18.6. The Morgan fingerprint density at radius 2 is 2.22 bits per heavy atom. The molecule has 0 aromatic carbocycles. The van der Waals surface area contributed by atoms with E-state index in [4.69, 9.17) is 4.74 Å². The minimum atomic E-state index is -3.64. The first kappa shape index (κ1) is 24.8. The van der Waals surface area contributed by atoms with Gasteiger partial charge in [0.2, 0.25) is 5.91 Å². The number of carbonyl (C=O) groups is 1. The van der Waals surface area contributed by atoms with Crippen LogP contribution >= 0.6 is 11.3 Å². The maximum Gasteiger partial charge on any atom is 0.252 e. The number of nitrogens with zero attached hydrogens (tertiary/aromatic N) is 5. The van der Waals surface area contributed by atoms with Crippen LogP contribution in [0.2, 0.25) is 0 Å². The van der Waals surface area contributed by atoms with Gasteiger partial charge in [0.25, 0.3) is 10.0 Å². The van der Waals surface area contributed by atoms with Crippen molar-refractivity contribution in [3.63, 3.8) is 0 Å². The zero-order chi connectivity index (χ0) is 23.3. The molecule has 12 heteroatoms. The van der Waals surface area contributed by atoms with Crippen molar-refractivity contribution in [2.75, 3.05) is 26.7 Å². The highest BCUT2D eigenvalue weighted by molar-refractivity contribution is 7.91. The average molecular weight is 486 g/mol. The van der Waals surface area contributed by atoms with E-state index in [9.17, 15) is 18.3 Å². The number of aliphatic hydroxyl groups is 1. The lowest BCUT2D eigenvalue weighted by molar-refractivity contribution is -0.136. The van der Waals surface area contributed by atoms with Crippen LogP contribution in [0.5, 0.6) is 0 Å². The van der Waals surface area contributed by atoms with E-state index in [1.807, 2.05) is 6.92 Å². The highest BCUT2D eigenvalue weighted by Gasteiger charge is 2.31. The minimum Gasteiger partial charge on any atom is -0.394 e. The third-order valence-corrected chi connectivity index (χ3v) is 8.84. The second-order valence-corrected chi connectivity index (χ2v) is 11.4. The topological polar surface area (TPSA) is 118 Å². The zero-order valence-corrected chi connectivity index (χ0v) is 20.3. The third kappa shape index (κ3) is 5.93. The predicted molar refractivity (Wildman–Crippen MR) is 119 cm³/mol. The number of amides is 1. The summed E-state index contributed by atoms with van der Waals surface area (Å²) >= 11 is 1.17. The van der Waals surface area contributed by atoms with Crippen LogP contribution in [0, 0.1) is 5.92 Å². The number of thiophene rings is 1. The first-order valence-corrected chi connectivity index (χ1v) is 12.9. The molecule has 3 atom stereocenters. The van der Waals surface area contributed by atoms with Crippen LogP contribution in [0.25, 0.3) is 0 Å². The van der Waals surface area contributed by atoms with Gasteiger partial charge in [0.15, 0.2) is 0 Å². The molecular weight excluding hydrogens is 454 g/mol. The van der Waals surface area contributed by atoms with Crippen molar-refractivity contribution in [3.8, 4) is 0 Å². The van der Waals surface area contributed by atoms with E-state index in [0.717, 1.165) is 0 Å². The number of hydrogen-bond donors (Lipinski definition) is 1. The molecular formula is C20H31N5O5S2. The Morgan fingerprint density at radius 3 is 2.91 bits per heavy atom. The van der Waals surface area contributed by atoms with Gasteiger partial charge in [-0.1, -0.05) is 18.2 Å². The molecule has 178 valence electrons. The molecule has 3 heterocycles. The Bertz CT molecular complexity index is 978. The number of fused-ring (bicyclic) bond motifs is 2. The molecule has 0 spiro atoms. The summed E-state index contributed by atoms with van der Waals surface area (Å²) in [5.41, 5.74) is 0.650. The van der Waals surface area contributed by atoms with Crippen molar-refractivity contribution in [1.29, 1.82) is 0 Å². The van der Waals surface area contributed by atoms with Crippen molar-refractivity contribution < 1.29 is 23.1 Å². The Labute approximate surface area is 192 Å². The molecule has 0 aliphatic carbocycles. The molecule has 0 unspecified atom stereocenters. The first-order valence-electron chi connectivity index (χ1n) is 10.6.